The highest BCUT2D eigenvalue weighted by Gasteiger charge is 2.15. The van der Waals surface area contributed by atoms with Gasteiger partial charge in [0.05, 0.1) is 0 Å². The Morgan fingerprint density at radius 1 is 1.31 bits per heavy atom. The predicted octanol–water partition coefficient (Wildman–Crippen LogP) is 0.470. The quantitative estimate of drug-likeness (QED) is 0.682. The van der Waals surface area contributed by atoms with Gasteiger partial charge in [0.25, 0.3) is 0 Å². The molecular formula is C9H16N4. The van der Waals surface area contributed by atoms with Crippen LogP contribution >= 0.6 is 0 Å². The van der Waals surface area contributed by atoms with Crippen molar-refractivity contribution in [3.05, 3.63) is 11.8 Å². The maximum Gasteiger partial charge on any atom is 0.150 e. The number of nitrogens with one attached hydrogen (secondary N) is 1. The Morgan fingerprint density at radius 2 is 2.00 bits per heavy atom. The van der Waals surface area contributed by atoms with Crippen LogP contribution in [0.5, 0.6) is 0 Å². The number of aryl methyl sites for hydroxylation is 1. The second kappa shape index (κ2) is 3.38. The molecule has 0 aliphatic carbocycles. The lowest BCUT2D eigenvalue weighted by atomic mass is 10.3. The maximum absolute atomic E-state index is 4.25. The van der Waals surface area contributed by atoms with Crippen LogP contribution in [0, 0.1) is 6.92 Å². The van der Waals surface area contributed by atoms with Crippen LogP contribution in [0.1, 0.15) is 5.69 Å². The van der Waals surface area contributed by atoms with Gasteiger partial charge in [-0.3, -0.25) is 5.10 Å². The molecule has 1 saturated heterocycles. The standard InChI is InChI=1S/C9H16N4/c1-8-7-9(11-10-8)13-5-3-12(2)4-6-13/h7H,3-6H2,1-2H3,(H,10,11). The first kappa shape index (κ1) is 8.56. The fourth-order valence-electron chi connectivity index (χ4n) is 1.60. The number of likely N-dealkylation sites (N-methyl/N-ethyl adjacent to an activating group) is 1. The fraction of sp³-hybridized carbons (Fsp3) is 0.667. The third kappa shape index (κ3) is 1.83. The average Bonchev–Trinajstić information content (AvgIpc) is 2.53. The van der Waals surface area contributed by atoms with Gasteiger partial charge in [0.2, 0.25) is 0 Å². The molecule has 72 valence electrons. The van der Waals surface area contributed by atoms with Crippen LogP contribution < -0.4 is 4.90 Å². The molecule has 1 aliphatic rings. The summed E-state index contributed by atoms with van der Waals surface area (Å²) in [6, 6.07) is 2.10. The van der Waals surface area contributed by atoms with Crippen molar-refractivity contribution in [3.63, 3.8) is 0 Å². The monoisotopic (exact) mass is 180 g/mol. The van der Waals surface area contributed by atoms with E-state index in [0.29, 0.717) is 0 Å². The Balaban J connectivity index is 2.02. The summed E-state index contributed by atoms with van der Waals surface area (Å²) in [5.41, 5.74) is 1.13. The minimum Gasteiger partial charge on any atom is -0.353 e. The fourth-order valence-corrected chi connectivity index (χ4v) is 1.60. The van der Waals surface area contributed by atoms with Crippen LogP contribution in [-0.2, 0) is 0 Å². The summed E-state index contributed by atoms with van der Waals surface area (Å²) < 4.78 is 0. The minimum absolute atomic E-state index is 1.08. The highest BCUT2D eigenvalue weighted by Crippen LogP contribution is 2.13. The molecule has 4 heteroatoms. The van der Waals surface area contributed by atoms with Crippen molar-refractivity contribution in [2.75, 3.05) is 38.1 Å². The predicted molar refractivity (Wildman–Crippen MR) is 53.0 cm³/mol. The molecule has 13 heavy (non-hydrogen) atoms. The van der Waals surface area contributed by atoms with Crippen LogP contribution in [0.15, 0.2) is 6.07 Å². The van der Waals surface area contributed by atoms with Crippen molar-refractivity contribution in [1.29, 1.82) is 0 Å². The van der Waals surface area contributed by atoms with E-state index >= 15 is 0 Å². The average molecular weight is 180 g/mol. The number of aromatic amines is 1. The van der Waals surface area contributed by atoms with E-state index in [1.807, 2.05) is 6.92 Å². The van der Waals surface area contributed by atoms with Gasteiger partial charge >= 0.3 is 0 Å². The van der Waals surface area contributed by atoms with E-state index in [-0.39, 0.29) is 0 Å². The van der Waals surface area contributed by atoms with E-state index in [2.05, 4.69) is 33.1 Å². The van der Waals surface area contributed by atoms with Gasteiger partial charge in [-0.1, -0.05) is 0 Å². The smallest absolute Gasteiger partial charge is 0.150 e. The van der Waals surface area contributed by atoms with E-state index in [4.69, 9.17) is 0 Å². The van der Waals surface area contributed by atoms with E-state index in [1.165, 1.54) is 0 Å². The van der Waals surface area contributed by atoms with E-state index in [0.717, 1.165) is 37.7 Å². The molecule has 1 aromatic rings. The Hall–Kier alpha value is -1.03. The largest absolute Gasteiger partial charge is 0.353 e. The van der Waals surface area contributed by atoms with Crippen molar-refractivity contribution < 1.29 is 0 Å². The van der Waals surface area contributed by atoms with Crippen molar-refractivity contribution in [1.82, 2.24) is 15.1 Å². The highest BCUT2D eigenvalue weighted by molar-refractivity contribution is 5.39. The molecule has 1 aliphatic heterocycles. The molecular weight excluding hydrogens is 164 g/mol. The van der Waals surface area contributed by atoms with Gasteiger partial charge in [-0.2, -0.15) is 5.10 Å². The topological polar surface area (TPSA) is 35.2 Å². The maximum atomic E-state index is 4.25. The Bertz CT molecular complexity index is 273. The van der Waals surface area contributed by atoms with Crippen LogP contribution in [-0.4, -0.2) is 48.3 Å². The summed E-state index contributed by atoms with van der Waals surface area (Å²) in [7, 11) is 2.16. The number of piperazine rings is 1. The molecule has 0 spiro atoms. The molecule has 1 fully saturated rings. The molecule has 0 unspecified atom stereocenters. The van der Waals surface area contributed by atoms with Crippen molar-refractivity contribution in [3.8, 4) is 0 Å². The SMILES string of the molecule is Cc1cc(N2CCN(C)CC2)n[nH]1. The van der Waals surface area contributed by atoms with E-state index in [9.17, 15) is 0 Å². The van der Waals surface area contributed by atoms with Crippen LogP contribution in [0.4, 0.5) is 5.82 Å². The summed E-state index contributed by atoms with van der Waals surface area (Å²) in [5, 5.41) is 7.22. The van der Waals surface area contributed by atoms with Crippen LogP contribution in [0.25, 0.3) is 0 Å². The summed E-state index contributed by atoms with van der Waals surface area (Å²) in [6.07, 6.45) is 0. The van der Waals surface area contributed by atoms with E-state index < -0.39 is 0 Å². The normalized spacial score (nSPS) is 19.4. The molecule has 0 atom stereocenters. The second-order valence-electron chi connectivity index (χ2n) is 3.70. The zero-order valence-corrected chi connectivity index (χ0v) is 8.25. The number of H-pyrrole nitrogens is 1. The van der Waals surface area contributed by atoms with Crippen molar-refractivity contribution in [2.24, 2.45) is 0 Å². The third-order valence-electron chi connectivity index (χ3n) is 2.52. The van der Waals surface area contributed by atoms with Gasteiger partial charge < -0.3 is 9.80 Å². The molecule has 0 saturated carbocycles. The molecule has 1 N–H and O–H groups in total. The molecule has 0 amide bonds. The van der Waals surface area contributed by atoms with Crippen molar-refractivity contribution >= 4 is 5.82 Å². The lowest BCUT2D eigenvalue weighted by Crippen LogP contribution is -2.44. The molecule has 2 rings (SSSR count). The number of rotatable bonds is 1. The summed E-state index contributed by atoms with van der Waals surface area (Å²) >= 11 is 0. The second-order valence-corrected chi connectivity index (χ2v) is 3.70. The third-order valence-corrected chi connectivity index (χ3v) is 2.52. The first-order chi connectivity index (χ1) is 6.25. The zero-order valence-electron chi connectivity index (χ0n) is 8.25. The Kier molecular flexibility index (Phi) is 2.22. The number of nitrogens with zero attached hydrogens (tertiary/aromatic N) is 3. The van der Waals surface area contributed by atoms with Gasteiger partial charge in [-0.15, -0.1) is 0 Å². The number of hydrogen-bond donors (Lipinski definition) is 1. The number of hydrogen-bond acceptors (Lipinski definition) is 3. The molecule has 0 bridgehead atoms. The summed E-state index contributed by atoms with van der Waals surface area (Å²) in [5.74, 6) is 1.09. The lowest BCUT2D eigenvalue weighted by molar-refractivity contribution is 0.312. The van der Waals surface area contributed by atoms with Crippen LogP contribution in [0.2, 0.25) is 0 Å². The first-order valence-electron chi connectivity index (χ1n) is 4.71. The van der Waals surface area contributed by atoms with Crippen molar-refractivity contribution in [2.45, 2.75) is 6.92 Å². The van der Waals surface area contributed by atoms with Gasteiger partial charge in [0, 0.05) is 37.9 Å². The van der Waals surface area contributed by atoms with E-state index in [1.54, 1.807) is 0 Å². The van der Waals surface area contributed by atoms with Gasteiger partial charge in [0.1, 0.15) is 0 Å². The lowest BCUT2D eigenvalue weighted by Gasteiger charge is -2.32. The summed E-state index contributed by atoms with van der Waals surface area (Å²) in [6.45, 7) is 6.46. The molecule has 1 aromatic heterocycles. The minimum atomic E-state index is 1.08. The molecule has 4 nitrogen and oxygen atoms in total. The van der Waals surface area contributed by atoms with Gasteiger partial charge in [-0.25, -0.2) is 0 Å². The van der Waals surface area contributed by atoms with Gasteiger partial charge in [-0.05, 0) is 14.0 Å². The highest BCUT2D eigenvalue weighted by atomic mass is 15.3. The Morgan fingerprint density at radius 3 is 2.54 bits per heavy atom. The van der Waals surface area contributed by atoms with Crippen LogP contribution in [0.3, 0.4) is 0 Å². The molecule has 2 heterocycles. The van der Waals surface area contributed by atoms with Gasteiger partial charge in [0.15, 0.2) is 5.82 Å². The number of anilines is 1. The Labute approximate surface area is 78.5 Å². The first-order valence-corrected chi connectivity index (χ1v) is 4.71. The number of aromatic nitrogens is 2. The zero-order chi connectivity index (χ0) is 9.26. The molecule has 0 aromatic carbocycles. The molecule has 0 radical (unpaired) electrons. The summed E-state index contributed by atoms with van der Waals surface area (Å²) in [4.78, 5) is 4.67.